The van der Waals surface area contributed by atoms with Gasteiger partial charge in [0.15, 0.2) is 0 Å². The number of likely N-dealkylation sites (N-methyl/N-ethyl adjacent to an activating group) is 1. The van der Waals surface area contributed by atoms with Gasteiger partial charge in [0.25, 0.3) is 0 Å². The van der Waals surface area contributed by atoms with Gasteiger partial charge in [0.05, 0.1) is 19.6 Å². The van der Waals surface area contributed by atoms with E-state index in [0.29, 0.717) is 19.6 Å². The lowest BCUT2D eigenvalue weighted by molar-refractivity contribution is -0.110. The van der Waals surface area contributed by atoms with Crippen molar-refractivity contribution in [2.45, 2.75) is 27.7 Å². The van der Waals surface area contributed by atoms with Crippen LogP contribution in [0.1, 0.15) is 27.7 Å². The molecule has 0 N–H and O–H groups in total. The van der Waals surface area contributed by atoms with E-state index in [2.05, 4.69) is 26.6 Å². The van der Waals surface area contributed by atoms with E-state index in [0.717, 1.165) is 71.2 Å². The highest BCUT2D eigenvalue weighted by molar-refractivity contribution is 5.52. The first-order chi connectivity index (χ1) is 12.7. The maximum Gasteiger partial charge on any atom is 0.133 e. The van der Waals surface area contributed by atoms with Gasteiger partial charge in [0.1, 0.15) is 18.9 Å². The van der Waals surface area contributed by atoms with E-state index in [-0.39, 0.29) is 0 Å². The summed E-state index contributed by atoms with van der Waals surface area (Å²) in [4.78, 5) is 40.9. The molecule has 1 saturated heterocycles. The second-order valence-electron chi connectivity index (χ2n) is 5.71. The minimum Gasteiger partial charge on any atom is -0.304 e. The molecule has 0 radical (unpaired) electrons. The van der Waals surface area contributed by atoms with Crippen molar-refractivity contribution in [2.75, 3.05) is 79.0 Å². The molecule has 0 saturated carbocycles. The third kappa shape index (κ3) is 14.1. The summed E-state index contributed by atoms with van der Waals surface area (Å²) >= 11 is 0. The number of hydrogen-bond donors (Lipinski definition) is 0. The monoisotopic (exact) mass is 372 g/mol. The number of rotatable bonds is 6. The summed E-state index contributed by atoms with van der Waals surface area (Å²) < 4.78 is 0. The van der Waals surface area contributed by atoms with Crippen molar-refractivity contribution < 1.29 is 14.4 Å². The van der Waals surface area contributed by atoms with Crippen molar-refractivity contribution in [3.63, 3.8) is 0 Å². The summed E-state index contributed by atoms with van der Waals surface area (Å²) in [6, 6.07) is 0. The van der Waals surface area contributed by atoms with Crippen molar-refractivity contribution in [2.24, 2.45) is 0 Å². The average Bonchev–Trinajstić information content (AvgIpc) is 2.68. The smallest absolute Gasteiger partial charge is 0.133 e. The lowest BCUT2D eigenvalue weighted by Crippen LogP contribution is -2.46. The fourth-order valence-corrected chi connectivity index (χ4v) is 2.50. The number of carbonyl (C=O) groups excluding carboxylic acids is 3. The standard InChI is InChI=1S/C15H28N4O3.2C2H6/c1-16-2-4-17(10-13-20)6-8-19(12-15-22)9-7-18(5-3-16)11-14-21;2*1-2/h13-15H,2-12H2,1H3;2*1-2H3. The zero-order valence-corrected chi connectivity index (χ0v) is 17.5. The van der Waals surface area contributed by atoms with Gasteiger partial charge in [-0.05, 0) is 7.05 Å². The summed E-state index contributed by atoms with van der Waals surface area (Å²) in [7, 11) is 2.06. The van der Waals surface area contributed by atoms with Gasteiger partial charge in [-0.3, -0.25) is 14.7 Å². The third-order valence-electron chi connectivity index (χ3n) is 4.06. The maximum absolute atomic E-state index is 10.8. The first-order valence-corrected chi connectivity index (χ1v) is 9.86. The van der Waals surface area contributed by atoms with Gasteiger partial charge in [-0.2, -0.15) is 0 Å². The quantitative estimate of drug-likeness (QED) is 0.629. The van der Waals surface area contributed by atoms with Gasteiger partial charge in [-0.1, -0.05) is 27.7 Å². The Kier molecular flexibility index (Phi) is 21.0. The summed E-state index contributed by atoms with van der Waals surface area (Å²) in [6.07, 6.45) is 2.78. The lowest BCUT2D eigenvalue weighted by Gasteiger charge is -2.31. The minimum absolute atomic E-state index is 0.393. The van der Waals surface area contributed by atoms with Gasteiger partial charge in [-0.15, -0.1) is 0 Å². The first-order valence-electron chi connectivity index (χ1n) is 9.86. The van der Waals surface area contributed by atoms with Crippen LogP contribution < -0.4 is 0 Å². The van der Waals surface area contributed by atoms with Crippen molar-refractivity contribution in [3.05, 3.63) is 0 Å². The summed E-state index contributed by atoms with van der Waals surface area (Å²) in [5, 5.41) is 0. The van der Waals surface area contributed by atoms with E-state index in [9.17, 15) is 14.4 Å². The summed E-state index contributed by atoms with van der Waals surface area (Å²) in [5.41, 5.74) is 0. The highest BCUT2D eigenvalue weighted by Gasteiger charge is 2.14. The molecule has 0 amide bonds. The Bertz CT molecular complexity index is 317. The number of aldehydes is 3. The van der Waals surface area contributed by atoms with Gasteiger partial charge < -0.3 is 19.3 Å². The summed E-state index contributed by atoms with van der Waals surface area (Å²) in [5.74, 6) is 0. The van der Waals surface area contributed by atoms with E-state index < -0.39 is 0 Å². The Balaban J connectivity index is 0. The van der Waals surface area contributed by atoms with Crippen LogP contribution in [-0.4, -0.2) is 117 Å². The van der Waals surface area contributed by atoms with E-state index in [1.165, 1.54) is 0 Å². The molecular weight excluding hydrogens is 332 g/mol. The topological polar surface area (TPSA) is 64.2 Å². The molecule has 0 spiro atoms. The highest BCUT2D eigenvalue weighted by atomic mass is 16.1. The van der Waals surface area contributed by atoms with Crippen LogP contribution in [0.15, 0.2) is 0 Å². The van der Waals surface area contributed by atoms with Gasteiger partial charge >= 0.3 is 0 Å². The van der Waals surface area contributed by atoms with Crippen LogP contribution in [0.4, 0.5) is 0 Å². The molecule has 26 heavy (non-hydrogen) atoms. The van der Waals surface area contributed by atoms with E-state index in [1.54, 1.807) is 0 Å². The Morgan fingerprint density at radius 1 is 0.538 bits per heavy atom. The SMILES string of the molecule is CC.CC.CN1CCN(CC=O)CCN(CC=O)CCN(CC=O)CC1. The van der Waals surface area contributed by atoms with Crippen LogP contribution in [-0.2, 0) is 14.4 Å². The van der Waals surface area contributed by atoms with Crippen LogP contribution in [0.25, 0.3) is 0 Å². The molecule has 0 atom stereocenters. The molecule has 0 aromatic carbocycles. The first kappa shape index (κ1) is 27.1. The molecule has 0 aromatic heterocycles. The molecule has 1 heterocycles. The van der Waals surface area contributed by atoms with E-state index >= 15 is 0 Å². The molecular formula is C19H40N4O3. The predicted molar refractivity (Wildman–Crippen MR) is 108 cm³/mol. The van der Waals surface area contributed by atoms with Crippen molar-refractivity contribution in [3.8, 4) is 0 Å². The minimum atomic E-state index is 0.393. The fraction of sp³-hybridized carbons (Fsp3) is 0.842. The van der Waals surface area contributed by atoms with Crippen LogP contribution in [0.5, 0.6) is 0 Å². The van der Waals surface area contributed by atoms with Gasteiger partial charge in [-0.25, -0.2) is 0 Å². The molecule has 0 unspecified atom stereocenters. The van der Waals surface area contributed by atoms with Crippen molar-refractivity contribution in [1.29, 1.82) is 0 Å². The Labute approximate surface area is 160 Å². The third-order valence-corrected chi connectivity index (χ3v) is 4.06. The normalized spacial score (nSPS) is 18.8. The summed E-state index contributed by atoms with van der Waals surface area (Å²) in [6.45, 7) is 15.7. The molecule has 1 aliphatic rings. The molecule has 0 aromatic rings. The molecule has 1 aliphatic heterocycles. The molecule has 1 fully saturated rings. The Hall–Kier alpha value is -1.15. The van der Waals surface area contributed by atoms with Crippen LogP contribution in [0.2, 0.25) is 0 Å². The molecule has 7 nitrogen and oxygen atoms in total. The number of nitrogens with zero attached hydrogens (tertiary/aromatic N) is 4. The van der Waals surface area contributed by atoms with Gasteiger partial charge in [0, 0.05) is 52.4 Å². The van der Waals surface area contributed by atoms with E-state index in [1.807, 2.05) is 27.7 Å². The highest BCUT2D eigenvalue weighted by Crippen LogP contribution is 1.98. The second kappa shape index (κ2) is 20.2. The molecule has 154 valence electrons. The fourth-order valence-electron chi connectivity index (χ4n) is 2.50. The molecule has 0 bridgehead atoms. The van der Waals surface area contributed by atoms with Gasteiger partial charge in [0.2, 0.25) is 0 Å². The average molecular weight is 373 g/mol. The molecule has 7 heteroatoms. The van der Waals surface area contributed by atoms with Crippen molar-refractivity contribution >= 4 is 18.9 Å². The molecule has 1 rings (SSSR count). The predicted octanol–water partition coefficient (Wildman–Crippen LogP) is 0.487. The van der Waals surface area contributed by atoms with Crippen LogP contribution in [0.3, 0.4) is 0 Å². The van der Waals surface area contributed by atoms with Crippen LogP contribution >= 0.6 is 0 Å². The van der Waals surface area contributed by atoms with Crippen LogP contribution in [0, 0.1) is 0 Å². The molecule has 0 aliphatic carbocycles. The zero-order valence-electron chi connectivity index (χ0n) is 17.5. The lowest BCUT2D eigenvalue weighted by atomic mass is 10.3. The maximum atomic E-state index is 10.8. The largest absolute Gasteiger partial charge is 0.304 e. The van der Waals surface area contributed by atoms with Crippen molar-refractivity contribution in [1.82, 2.24) is 19.6 Å². The number of carbonyl (C=O) groups is 3. The second-order valence-corrected chi connectivity index (χ2v) is 5.71. The zero-order chi connectivity index (χ0) is 20.2. The Morgan fingerprint density at radius 3 is 1.00 bits per heavy atom. The Morgan fingerprint density at radius 2 is 0.769 bits per heavy atom. The number of hydrogen-bond acceptors (Lipinski definition) is 7. The van der Waals surface area contributed by atoms with E-state index in [4.69, 9.17) is 0 Å².